The van der Waals surface area contributed by atoms with Crippen LogP contribution >= 0.6 is 15.9 Å². The molecule has 5 atom stereocenters. The van der Waals surface area contributed by atoms with E-state index in [4.69, 9.17) is 23.7 Å². The maximum atomic E-state index is 11.8. The third kappa shape index (κ3) is 6.23. The van der Waals surface area contributed by atoms with E-state index >= 15 is 0 Å². The van der Waals surface area contributed by atoms with Gasteiger partial charge in [-0.15, -0.1) is 5.10 Å². The molecule has 5 unspecified atom stereocenters. The predicted octanol–water partition coefficient (Wildman–Crippen LogP) is 0.429. The number of ether oxygens (including phenoxy) is 5. The van der Waals surface area contributed by atoms with Gasteiger partial charge in [0.25, 0.3) is 0 Å². The Labute approximate surface area is 180 Å². The van der Waals surface area contributed by atoms with Crippen molar-refractivity contribution < 1.29 is 42.9 Å². The monoisotopic (exact) mass is 491 g/mol. The molecule has 12 nitrogen and oxygen atoms in total. The molecule has 0 radical (unpaired) electrons. The molecule has 13 heteroatoms. The zero-order valence-corrected chi connectivity index (χ0v) is 18.4. The molecule has 2 heterocycles. The number of halogens is 1. The van der Waals surface area contributed by atoms with Gasteiger partial charge in [-0.3, -0.25) is 19.2 Å². The van der Waals surface area contributed by atoms with Gasteiger partial charge in [-0.25, -0.2) is 4.68 Å². The molecule has 0 N–H and O–H groups in total. The second-order valence-electron chi connectivity index (χ2n) is 6.41. The van der Waals surface area contributed by atoms with Crippen molar-refractivity contribution in [1.82, 2.24) is 15.0 Å². The van der Waals surface area contributed by atoms with Crippen LogP contribution in [0.4, 0.5) is 0 Å². The van der Waals surface area contributed by atoms with Crippen molar-refractivity contribution in [1.29, 1.82) is 0 Å². The van der Waals surface area contributed by atoms with Crippen molar-refractivity contribution in [2.24, 2.45) is 0 Å². The lowest BCUT2D eigenvalue weighted by molar-refractivity contribution is -0.270. The highest BCUT2D eigenvalue weighted by Gasteiger charge is 2.53. The van der Waals surface area contributed by atoms with Crippen LogP contribution in [0.15, 0.2) is 6.20 Å². The molecule has 1 fully saturated rings. The lowest BCUT2D eigenvalue weighted by atomic mass is 9.97. The van der Waals surface area contributed by atoms with Crippen molar-refractivity contribution >= 4 is 39.8 Å². The molecular formula is C17H22BrN3O9. The van der Waals surface area contributed by atoms with E-state index in [2.05, 4.69) is 26.2 Å². The molecule has 1 aliphatic heterocycles. The Hall–Kier alpha value is -2.54. The highest BCUT2D eigenvalue weighted by Crippen LogP contribution is 2.34. The minimum absolute atomic E-state index is 0.311. The van der Waals surface area contributed by atoms with Gasteiger partial charge in [-0.1, -0.05) is 21.1 Å². The van der Waals surface area contributed by atoms with Gasteiger partial charge in [-0.2, -0.15) is 0 Å². The fourth-order valence-corrected chi connectivity index (χ4v) is 3.17. The number of aromatic nitrogens is 3. The Morgan fingerprint density at radius 1 is 0.967 bits per heavy atom. The largest absolute Gasteiger partial charge is 0.463 e. The fraction of sp³-hybridized carbons (Fsp3) is 0.647. The molecule has 1 aromatic heterocycles. The minimum Gasteiger partial charge on any atom is -0.463 e. The molecule has 0 aromatic carbocycles. The van der Waals surface area contributed by atoms with Crippen molar-refractivity contribution in [3.63, 3.8) is 0 Å². The van der Waals surface area contributed by atoms with E-state index in [0.29, 0.717) is 11.0 Å². The first kappa shape index (κ1) is 23.7. The number of hydrogen-bond acceptors (Lipinski definition) is 11. The molecule has 2 rings (SSSR count). The van der Waals surface area contributed by atoms with Crippen LogP contribution in [0.1, 0.15) is 39.6 Å². The van der Waals surface area contributed by atoms with Gasteiger partial charge < -0.3 is 23.7 Å². The lowest BCUT2D eigenvalue weighted by Crippen LogP contribution is -2.60. The van der Waals surface area contributed by atoms with E-state index in [9.17, 15) is 19.2 Å². The molecule has 0 spiro atoms. The summed E-state index contributed by atoms with van der Waals surface area (Å²) in [5.41, 5.74) is 0.558. The Kier molecular flexibility index (Phi) is 8.29. The Balaban J connectivity index is 2.50. The molecule has 166 valence electrons. The number of carbonyl (C=O) groups excluding carboxylic acids is 4. The first-order valence-electron chi connectivity index (χ1n) is 8.89. The second kappa shape index (κ2) is 10.5. The summed E-state index contributed by atoms with van der Waals surface area (Å²) in [5.74, 6) is -2.69. The molecule has 0 bridgehead atoms. The first-order valence-corrected chi connectivity index (χ1v) is 10.0. The standard InChI is InChI=1S/C17H22BrN3O9/c1-8(22)26-7-13-14(27-9(2)23)15(28-10(3)24)16(29-11(4)25)17(30-13)21-6-12(5-18)19-20-21/h6,13-17H,5,7H2,1-4H3. The molecular weight excluding hydrogens is 470 g/mol. The molecule has 0 amide bonds. The van der Waals surface area contributed by atoms with Crippen LogP contribution in [0.2, 0.25) is 0 Å². The zero-order valence-electron chi connectivity index (χ0n) is 16.8. The Bertz CT molecular complexity index is 799. The van der Waals surface area contributed by atoms with Crippen LogP contribution in [-0.2, 0) is 48.2 Å². The smallest absolute Gasteiger partial charge is 0.303 e. The number of esters is 4. The summed E-state index contributed by atoms with van der Waals surface area (Å²) in [7, 11) is 0. The van der Waals surface area contributed by atoms with Gasteiger partial charge in [-0.05, 0) is 0 Å². The van der Waals surface area contributed by atoms with Crippen LogP contribution in [0.3, 0.4) is 0 Å². The van der Waals surface area contributed by atoms with Crippen molar-refractivity contribution in [2.75, 3.05) is 6.61 Å². The summed E-state index contributed by atoms with van der Waals surface area (Å²) in [6.45, 7) is 4.36. The molecule has 1 aliphatic rings. The van der Waals surface area contributed by atoms with Gasteiger partial charge in [0.1, 0.15) is 12.7 Å². The van der Waals surface area contributed by atoms with Crippen molar-refractivity contribution in [3.8, 4) is 0 Å². The van der Waals surface area contributed by atoms with Crippen LogP contribution in [-0.4, -0.2) is 69.9 Å². The van der Waals surface area contributed by atoms with Gasteiger partial charge >= 0.3 is 23.9 Å². The average molecular weight is 492 g/mol. The summed E-state index contributed by atoms with van der Waals surface area (Å²) < 4.78 is 28.3. The van der Waals surface area contributed by atoms with E-state index < -0.39 is 54.5 Å². The number of nitrogens with zero attached hydrogens (tertiary/aromatic N) is 3. The van der Waals surface area contributed by atoms with Gasteiger partial charge in [0.2, 0.25) is 0 Å². The third-order valence-electron chi connectivity index (χ3n) is 3.92. The maximum Gasteiger partial charge on any atom is 0.303 e. The number of rotatable bonds is 7. The minimum atomic E-state index is -1.26. The van der Waals surface area contributed by atoms with Crippen LogP contribution in [0, 0.1) is 0 Å². The van der Waals surface area contributed by atoms with Gasteiger partial charge in [0.15, 0.2) is 24.5 Å². The molecule has 30 heavy (non-hydrogen) atoms. The summed E-state index contributed by atoms with van der Waals surface area (Å²) in [6, 6.07) is 0. The quantitative estimate of drug-likeness (QED) is 0.297. The molecule has 1 saturated heterocycles. The Morgan fingerprint density at radius 2 is 1.53 bits per heavy atom. The van der Waals surface area contributed by atoms with E-state index in [1.54, 1.807) is 0 Å². The van der Waals surface area contributed by atoms with E-state index in [-0.39, 0.29) is 6.61 Å². The highest BCUT2D eigenvalue weighted by atomic mass is 79.9. The maximum absolute atomic E-state index is 11.8. The van der Waals surface area contributed by atoms with E-state index in [1.807, 2.05) is 0 Å². The molecule has 0 aliphatic carbocycles. The topological polar surface area (TPSA) is 145 Å². The average Bonchev–Trinajstić information content (AvgIpc) is 3.11. The van der Waals surface area contributed by atoms with E-state index in [1.165, 1.54) is 24.7 Å². The fourth-order valence-electron chi connectivity index (χ4n) is 2.92. The van der Waals surface area contributed by atoms with Crippen molar-refractivity contribution in [2.45, 2.75) is 63.7 Å². The third-order valence-corrected chi connectivity index (χ3v) is 4.50. The summed E-state index contributed by atoms with van der Waals surface area (Å²) in [4.78, 5) is 46.5. The van der Waals surface area contributed by atoms with Gasteiger partial charge in [0, 0.05) is 33.0 Å². The molecule has 1 aromatic rings. The predicted molar refractivity (Wildman–Crippen MR) is 99.9 cm³/mol. The summed E-state index contributed by atoms with van der Waals surface area (Å²) >= 11 is 3.26. The number of hydrogen-bond donors (Lipinski definition) is 0. The molecule has 0 saturated carbocycles. The second-order valence-corrected chi connectivity index (χ2v) is 6.97. The van der Waals surface area contributed by atoms with Crippen LogP contribution < -0.4 is 0 Å². The highest BCUT2D eigenvalue weighted by molar-refractivity contribution is 9.08. The van der Waals surface area contributed by atoms with Crippen LogP contribution in [0.5, 0.6) is 0 Å². The van der Waals surface area contributed by atoms with Gasteiger partial charge in [0.05, 0.1) is 11.9 Å². The van der Waals surface area contributed by atoms with E-state index in [0.717, 1.165) is 13.8 Å². The number of alkyl halides is 1. The van der Waals surface area contributed by atoms with Crippen molar-refractivity contribution in [3.05, 3.63) is 11.9 Å². The first-order chi connectivity index (χ1) is 14.1. The lowest BCUT2D eigenvalue weighted by Gasteiger charge is -2.44. The number of carbonyl (C=O) groups is 4. The Morgan fingerprint density at radius 3 is 2.03 bits per heavy atom. The normalized spacial score (nSPS) is 25.8. The van der Waals surface area contributed by atoms with Crippen LogP contribution in [0.25, 0.3) is 0 Å². The SMILES string of the molecule is CC(=O)OCC1OC(n2cc(CBr)nn2)C(OC(C)=O)C(OC(C)=O)C1OC(C)=O. The summed E-state index contributed by atoms with van der Waals surface area (Å²) in [5, 5.41) is 8.31. The zero-order chi connectivity index (χ0) is 22.4. The summed E-state index contributed by atoms with van der Waals surface area (Å²) in [6.07, 6.45) is -4.32.